The second-order valence-corrected chi connectivity index (χ2v) is 26.4. The van der Waals surface area contributed by atoms with Crippen LogP contribution in [-0.4, -0.2) is 56.5 Å². The summed E-state index contributed by atoms with van der Waals surface area (Å²) in [6.45, 7) is 34.7. The molecular formula is C40H66N2O3Si2. The van der Waals surface area contributed by atoms with Gasteiger partial charge in [-0.1, -0.05) is 121 Å². The molecule has 0 aliphatic carbocycles. The van der Waals surface area contributed by atoms with Gasteiger partial charge in [0, 0.05) is 36.8 Å². The van der Waals surface area contributed by atoms with Crippen molar-refractivity contribution in [3.63, 3.8) is 0 Å². The Hall–Kier alpha value is -2.42. The summed E-state index contributed by atoms with van der Waals surface area (Å²) >= 11 is 0. The zero-order valence-corrected chi connectivity index (χ0v) is 34.4. The standard InChI is InChI=1S/C40H66N2O3Si2/c1-30(2)26-36(41(28-34-22-18-16-19-23-34)29-35-24-20-17-21-25-35)38(45-47(14,15)40(8,9)10)33(7)27-37(46(11,12)13)44-39(43)42(31(3)4)32(5)6/h16-25,30-32,36,38H,26,28-29H2,1-15H3/t27?,36-,38-/m0/s1. The lowest BCUT2D eigenvalue weighted by atomic mass is 9.93. The van der Waals surface area contributed by atoms with Crippen LogP contribution < -0.4 is 0 Å². The van der Waals surface area contributed by atoms with Gasteiger partial charge in [0.25, 0.3) is 0 Å². The maximum absolute atomic E-state index is 13.6. The molecule has 0 heterocycles. The van der Waals surface area contributed by atoms with E-state index in [1.54, 1.807) is 0 Å². The lowest BCUT2D eigenvalue weighted by molar-refractivity contribution is 0.0540. The van der Waals surface area contributed by atoms with Crippen LogP contribution in [0.15, 0.2) is 77.4 Å². The Morgan fingerprint density at radius 2 is 1.23 bits per heavy atom. The fourth-order valence-electron chi connectivity index (χ4n) is 5.60. The second kappa shape index (κ2) is 17.3. The van der Waals surface area contributed by atoms with Gasteiger partial charge in [0.2, 0.25) is 0 Å². The first-order valence-electron chi connectivity index (χ1n) is 17.6. The fourth-order valence-corrected chi connectivity index (χ4v) is 7.89. The van der Waals surface area contributed by atoms with Gasteiger partial charge in [-0.3, -0.25) is 4.90 Å². The molecule has 0 saturated heterocycles. The number of rotatable bonds is 15. The molecule has 0 radical (unpaired) electrons. The summed E-state index contributed by atoms with van der Waals surface area (Å²) in [6.07, 6.45) is 0.416. The molecule has 262 valence electrons. The number of hydrogen-bond donors (Lipinski definition) is 0. The van der Waals surface area contributed by atoms with Gasteiger partial charge in [-0.15, -0.1) is 0 Å². The first-order valence-corrected chi connectivity index (χ1v) is 24.0. The number of nitrogens with zero attached hydrogens (tertiary/aromatic N) is 2. The highest BCUT2D eigenvalue weighted by atomic mass is 28.4. The Labute approximate surface area is 290 Å². The summed E-state index contributed by atoms with van der Waals surface area (Å²) in [5, 5.41) is 0.695. The number of carbonyl (C=O) groups is 1. The first kappa shape index (κ1) is 40.8. The van der Waals surface area contributed by atoms with Crippen molar-refractivity contribution < 1.29 is 14.0 Å². The van der Waals surface area contributed by atoms with Gasteiger partial charge in [0.1, 0.15) is 13.5 Å². The Morgan fingerprint density at radius 1 is 0.787 bits per heavy atom. The van der Waals surface area contributed by atoms with Crippen molar-refractivity contribution in [3.8, 4) is 0 Å². The van der Waals surface area contributed by atoms with Crippen molar-refractivity contribution >= 4 is 22.5 Å². The van der Waals surface area contributed by atoms with Crippen LogP contribution >= 0.6 is 0 Å². The summed E-state index contributed by atoms with van der Waals surface area (Å²) < 4.78 is 13.8. The molecule has 1 amide bonds. The van der Waals surface area contributed by atoms with E-state index in [0.29, 0.717) is 11.3 Å². The molecule has 0 fully saturated rings. The third-order valence-electron chi connectivity index (χ3n) is 9.15. The molecule has 0 aromatic heterocycles. The van der Waals surface area contributed by atoms with E-state index in [0.717, 1.165) is 25.1 Å². The van der Waals surface area contributed by atoms with Gasteiger partial charge in [-0.2, -0.15) is 0 Å². The predicted octanol–water partition coefficient (Wildman–Crippen LogP) is 11.1. The molecule has 7 heteroatoms. The van der Waals surface area contributed by atoms with E-state index in [1.807, 2.05) is 32.6 Å². The number of amides is 1. The quantitative estimate of drug-likeness (QED) is 0.107. The summed E-state index contributed by atoms with van der Waals surface area (Å²) in [5.41, 5.74) is 7.28. The molecule has 0 saturated carbocycles. The van der Waals surface area contributed by atoms with Gasteiger partial charge < -0.3 is 14.1 Å². The van der Waals surface area contributed by atoms with Crippen molar-refractivity contribution in [1.29, 1.82) is 0 Å². The highest BCUT2D eigenvalue weighted by Gasteiger charge is 2.43. The van der Waals surface area contributed by atoms with Crippen molar-refractivity contribution in [1.82, 2.24) is 9.80 Å². The summed E-state index contributed by atoms with van der Waals surface area (Å²) in [4.78, 5) is 18.0. The smallest absolute Gasteiger partial charge is 0.412 e. The van der Waals surface area contributed by atoms with E-state index in [2.05, 4.69) is 146 Å². The monoisotopic (exact) mass is 678 g/mol. The van der Waals surface area contributed by atoms with Crippen LogP contribution in [0, 0.1) is 5.92 Å². The van der Waals surface area contributed by atoms with Gasteiger partial charge in [-0.05, 0) is 76.2 Å². The summed E-state index contributed by atoms with van der Waals surface area (Å²) in [5.74, 6) is 0.441. The van der Waals surface area contributed by atoms with Gasteiger partial charge in [0.15, 0.2) is 8.32 Å². The minimum Gasteiger partial charge on any atom is -0.412 e. The van der Waals surface area contributed by atoms with Crippen LogP contribution in [0.4, 0.5) is 4.79 Å². The normalized spacial score (nSPS) is 13.9. The Bertz CT molecular complexity index is 1270. The number of hydrogen-bond acceptors (Lipinski definition) is 4. The third-order valence-corrected chi connectivity index (χ3v) is 15.2. The van der Waals surface area contributed by atoms with E-state index < -0.39 is 16.4 Å². The predicted molar refractivity (Wildman–Crippen MR) is 206 cm³/mol. The minimum atomic E-state index is -2.25. The number of carbonyl (C=O) groups excluding carboxylic acids is 1. The SMILES string of the molecule is CC(=C=C(OC(=O)N(C(C)C)C(C)C)[Si](C)(C)C)[C@H](O[Si](C)(C)C(C)(C)C)[C@H](CC(C)C)N(Cc1ccccc1)Cc1ccccc1. The van der Waals surface area contributed by atoms with Crippen molar-refractivity contribution in [3.05, 3.63) is 88.5 Å². The highest BCUT2D eigenvalue weighted by Crippen LogP contribution is 2.40. The average Bonchev–Trinajstić information content (AvgIpc) is 2.93. The average molecular weight is 679 g/mol. The number of ether oxygens (including phenoxy) is 1. The molecule has 0 unspecified atom stereocenters. The molecule has 0 bridgehead atoms. The number of benzene rings is 2. The van der Waals surface area contributed by atoms with Crippen LogP contribution in [0.5, 0.6) is 0 Å². The minimum absolute atomic E-state index is 0.0183. The van der Waals surface area contributed by atoms with E-state index in [4.69, 9.17) is 9.16 Å². The molecule has 0 aliphatic heterocycles. The Morgan fingerprint density at radius 3 is 1.60 bits per heavy atom. The molecule has 2 aromatic rings. The zero-order chi connectivity index (χ0) is 35.7. The third kappa shape index (κ3) is 12.5. The van der Waals surface area contributed by atoms with Crippen molar-refractivity contribution in [2.75, 3.05) is 0 Å². The van der Waals surface area contributed by atoms with E-state index >= 15 is 0 Å². The molecule has 0 aliphatic rings. The Balaban J connectivity index is 2.86. The molecule has 0 spiro atoms. The molecule has 5 nitrogen and oxygen atoms in total. The van der Waals surface area contributed by atoms with Crippen LogP contribution in [0.2, 0.25) is 37.8 Å². The van der Waals surface area contributed by atoms with Gasteiger partial charge >= 0.3 is 6.09 Å². The lowest BCUT2D eigenvalue weighted by Gasteiger charge is -2.45. The summed E-state index contributed by atoms with van der Waals surface area (Å²) in [7, 11) is -4.38. The van der Waals surface area contributed by atoms with Crippen LogP contribution in [0.25, 0.3) is 0 Å². The largest absolute Gasteiger partial charge is 0.415 e. The van der Waals surface area contributed by atoms with E-state index in [1.165, 1.54) is 11.1 Å². The maximum Gasteiger partial charge on any atom is 0.415 e. The van der Waals surface area contributed by atoms with Crippen molar-refractivity contribution in [2.24, 2.45) is 5.92 Å². The van der Waals surface area contributed by atoms with Crippen LogP contribution in [0.3, 0.4) is 0 Å². The molecule has 2 rings (SSSR count). The van der Waals surface area contributed by atoms with Crippen LogP contribution in [-0.2, 0) is 22.3 Å². The Kier molecular flexibility index (Phi) is 15.0. The lowest BCUT2D eigenvalue weighted by Crippen LogP contribution is -2.52. The molecule has 47 heavy (non-hydrogen) atoms. The maximum atomic E-state index is 13.6. The van der Waals surface area contributed by atoms with Gasteiger partial charge in [0.05, 0.1) is 6.10 Å². The second-order valence-electron chi connectivity index (χ2n) is 16.7. The van der Waals surface area contributed by atoms with Gasteiger partial charge in [-0.25, -0.2) is 4.79 Å². The fraction of sp³-hybridized carbons (Fsp3) is 0.600. The first-order chi connectivity index (χ1) is 21.6. The summed E-state index contributed by atoms with van der Waals surface area (Å²) in [6, 6.07) is 21.6. The van der Waals surface area contributed by atoms with E-state index in [-0.39, 0.29) is 35.4 Å². The van der Waals surface area contributed by atoms with E-state index in [9.17, 15) is 4.79 Å². The highest BCUT2D eigenvalue weighted by molar-refractivity contribution is 6.82. The van der Waals surface area contributed by atoms with Crippen LogP contribution in [0.1, 0.15) is 86.8 Å². The molecule has 2 aromatic carbocycles. The van der Waals surface area contributed by atoms with Crippen molar-refractivity contribution in [2.45, 2.75) is 151 Å². The molecular weight excluding hydrogens is 613 g/mol. The topological polar surface area (TPSA) is 42.0 Å². The molecule has 0 N–H and O–H groups in total. The zero-order valence-electron chi connectivity index (χ0n) is 32.4. The molecule has 2 atom stereocenters.